The first-order chi connectivity index (χ1) is 17.3. The molecule has 1 aromatic heterocycles. The van der Waals surface area contributed by atoms with E-state index in [1.54, 1.807) is 18.3 Å². The number of sulfonamides is 1. The molecule has 3 aromatic carbocycles. The fourth-order valence-electron chi connectivity index (χ4n) is 5.02. The largest absolute Gasteiger partial charge is 0.377 e. The SMILES string of the molecule is CN(C)c1cccc2c(S(N)(=O)=O)c(C(=O)n3ccc(C4CCNCC4)n3)c(-c3ccccc3)cc12. The molecule has 1 aliphatic rings. The first kappa shape index (κ1) is 24.2. The predicted octanol–water partition coefficient (Wildman–Crippen LogP) is 3.57. The van der Waals surface area contributed by atoms with Crippen molar-refractivity contribution in [2.45, 2.75) is 23.7 Å². The predicted molar refractivity (Wildman–Crippen MR) is 142 cm³/mol. The van der Waals surface area contributed by atoms with E-state index in [9.17, 15) is 13.2 Å². The molecule has 0 radical (unpaired) electrons. The normalized spacial score (nSPS) is 14.8. The molecule has 5 rings (SSSR count). The lowest BCUT2D eigenvalue weighted by atomic mass is 9.94. The van der Waals surface area contributed by atoms with Gasteiger partial charge in [0.2, 0.25) is 10.0 Å². The number of aromatic nitrogens is 2. The van der Waals surface area contributed by atoms with E-state index in [0.29, 0.717) is 21.9 Å². The van der Waals surface area contributed by atoms with Crippen molar-refractivity contribution in [1.29, 1.82) is 0 Å². The highest BCUT2D eigenvalue weighted by molar-refractivity contribution is 7.89. The Balaban J connectivity index is 1.79. The van der Waals surface area contributed by atoms with Gasteiger partial charge in [-0.15, -0.1) is 0 Å². The lowest BCUT2D eigenvalue weighted by molar-refractivity contribution is 0.0942. The van der Waals surface area contributed by atoms with E-state index in [-0.39, 0.29) is 16.4 Å². The van der Waals surface area contributed by atoms with Crippen molar-refractivity contribution in [3.8, 4) is 11.1 Å². The van der Waals surface area contributed by atoms with Crippen molar-refractivity contribution < 1.29 is 13.2 Å². The van der Waals surface area contributed by atoms with Gasteiger partial charge in [-0.2, -0.15) is 5.10 Å². The number of carbonyl (C=O) groups excluding carboxylic acids is 1. The van der Waals surface area contributed by atoms with Gasteiger partial charge in [-0.3, -0.25) is 4.79 Å². The molecule has 0 atom stereocenters. The van der Waals surface area contributed by atoms with Gasteiger partial charge in [-0.05, 0) is 55.3 Å². The topological polar surface area (TPSA) is 110 Å². The van der Waals surface area contributed by atoms with Crippen LogP contribution in [0.15, 0.2) is 71.8 Å². The number of rotatable bonds is 5. The molecular formula is C27H29N5O3S. The van der Waals surface area contributed by atoms with E-state index in [1.807, 2.05) is 67.5 Å². The number of anilines is 1. The molecule has 4 aromatic rings. The molecule has 0 unspecified atom stereocenters. The maximum absolute atomic E-state index is 14.0. The number of primary sulfonamides is 1. The Labute approximate surface area is 210 Å². The third-order valence-electron chi connectivity index (χ3n) is 6.75. The maximum atomic E-state index is 14.0. The summed E-state index contributed by atoms with van der Waals surface area (Å²) in [5.41, 5.74) is 2.88. The van der Waals surface area contributed by atoms with Crippen LogP contribution in [0.5, 0.6) is 0 Å². The molecule has 8 nitrogen and oxygen atoms in total. The van der Waals surface area contributed by atoms with Gasteiger partial charge >= 0.3 is 0 Å². The minimum atomic E-state index is -4.29. The van der Waals surface area contributed by atoms with Gasteiger partial charge in [0.05, 0.1) is 11.3 Å². The average Bonchev–Trinajstić information content (AvgIpc) is 3.37. The van der Waals surface area contributed by atoms with Crippen LogP contribution in [0.2, 0.25) is 0 Å². The molecule has 0 spiro atoms. The second-order valence-corrected chi connectivity index (χ2v) is 10.8. The zero-order chi connectivity index (χ0) is 25.4. The van der Waals surface area contributed by atoms with Crippen LogP contribution in [0.4, 0.5) is 5.69 Å². The van der Waals surface area contributed by atoms with E-state index in [4.69, 9.17) is 5.14 Å². The summed E-state index contributed by atoms with van der Waals surface area (Å²) in [6.07, 6.45) is 3.49. The molecule has 1 aliphatic heterocycles. The maximum Gasteiger partial charge on any atom is 0.280 e. The molecule has 1 saturated heterocycles. The number of nitrogens with two attached hydrogens (primary N) is 1. The quantitative estimate of drug-likeness (QED) is 0.431. The molecule has 186 valence electrons. The van der Waals surface area contributed by atoms with Gasteiger partial charge in [0.25, 0.3) is 5.91 Å². The van der Waals surface area contributed by atoms with Crippen LogP contribution >= 0.6 is 0 Å². The summed E-state index contributed by atoms with van der Waals surface area (Å²) in [5, 5.41) is 14.8. The third kappa shape index (κ3) is 4.41. The lowest BCUT2D eigenvalue weighted by Crippen LogP contribution is -2.27. The Bertz CT molecular complexity index is 1540. The number of fused-ring (bicyclic) bond motifs is 1. The minimum absolute atomic E-state index is 0.0204. The number of carbonyl (C=O) groups is 1. The molecule has 3 N–H and O–H groups in total. The number of nitrogens with zero attached hydrogens (tertiary/aromatic N) is 3. The van der Waals surface area contributed by atoms with E-state index in [1.165, 1.54) is 4.68 Å². The zero-order valence-corrected chi connectivity index (χ0v) is 21.1. The van der Waals surface area contributed by atoms with Crippen LogP contribution < -0.4 is 15.4 Å². The molecule has 0 aliphatic carbocycles. The smallest absolute Gasteiger partial charge is 0.280 e. The lowest BCUT2D eigenvalue weighted by Gasteiger charge is -2.21. The zero-order valence-electron chi connectivity index (χ0n) is 20.3. The Morgan fingerprint density at radius 1 is 1.03 bits per heavy atom. The molecular weight excluding hydrogens is 474 g/mol. The summed E-state index contributed by atoms with van der Waals surface area (Å²) in [6.45, 7) is 1.80. The monoisotopic (exact) mass is 503 g/mol. The Morgan fingerprint density at radius 3 is 2.42 bits per heavy atom. The van der Waals surface area contributed by atoms with E-state index < -0.39 is 15.9 Å². The molecule has 9 heteroatoms. The first-order valence-corrected chi connectivity index (χ1v) is 13.5. The summed E-state index contributed by atoms with van der Waals surface area (Å²) in [6, 6.07) is 18.4. The van der Waals surface area contributed by atoms with Crippen molar-refractivity contribution >= 4 is 32.4 Å². The van der Waals surface area contributed by atoms with Gasteiger partial charge in [0.1, 0.15) is 4.90 Å². The third-order valence-corrected chi connectivity index (χ3v) is 7.75. The summed E-state index contributed by atoms with van der Waals surface area (Å²) >= 11 is 0. The molecule has 1 fully saturated rings. The highest BCUT2D eigenvalue weighted by Gasteiger charge is 2.30. The highest BCUT2D eigenvalue weighted by Crippen LogP contribution is 2.39. The van der Waals surface area contributed by atoms with Crippen LogP contribution in [0, 0.1) is 0 Å². The van der Waals surface area contributed by atoms with E-state index in [2.05, 4.69) is 10.4 Å². The van der Waals surface area contributed by atoms with Crippen molar-refractivity contribution in [3.63, 3.8) is 0 Å². The standard InChI is InChI=1S/C27H29N5O3S/c1-31(2)24-10-6-9-20-22(24)17-21(18-7-4-3-5-8-18)25(26(20)36(28,34)35)27(33)32-16-13-23(30-32)19-11-14-29-15-12-19/h3-10,13,16-17,19,29H,11-12,14-15H2,1-2H3,(H2,28,34,35). The van der Waals surface area contributed by atoms with E-state index >= 15 is 0 Å². The number of piperidine rings is 1. The van der Waals surface area contributed by atoms with Gasteiger partial charge in [0, 0.05) is 42.7 Å². The molecule has 36 heavy (non-hydrogen) atoms. The van der Waals surface area contributed by atoms with Crippen LogP contribution in [-0.4, -0.2) is 51.3 Å². The van der Waals surface area contributed by atoms with Crippen molar-refractivity contribution in [3.05, 3.63) is 78.1 Å². The van der Waals surface area contributed by atoms with Crippen molar-refractivity contribution in [2.75, 3.05) is 32.1 Å². The Hall–Kier alpha value is -3.53. The highest BCUT2D eigenvalue weighted by atomic mass is 32.2. The van der Waals surface area contributed by atoms with Gasteiger partial charge < -0.3 is 10.2 Å². The van der Waals surface area contributed by atoms with Crippen LogP contribution in [0.3, 0.4) is 0 Å². The molecule has 0 saturated carbocycles. The fraction of sp³-hybridized carbons (Fsp3) is 0.259. The van der Waals surface area contributed by atoms with E-state index in [0.717, 1.165) is 37.3 Å². The van der Waals surface area contributed by atoms with Gasteiger partial charge in [0.15, 0.2) is 0 Å². The second kappa shape index (κ2) is 9.50. The van der Waals surface area contributed by atoms with Gasteiger partial charge in [-0.25, -0.2) is 18.2 Å². The average molecular weight is 504 g/mol. The summed E-state index contributed by atoms with van der Waals surface area (Å²) < 4.78 is 27.4. The minimum Gasteiger partial charge on any atom is -0.377 e. The number of benzene rings is 3. The Morgan fingerprint density at radius 2 is 1.75 bits per heavy atom. The molecule has 2 heterocycles. The summed E-state index contributed by atoms with van der Waals surface area (Å²) in [5.74, 6) is -0.277. The Kier molecular flexibility index (Phi) is 6.38. The van der Waals surface area contributed by atoms with Crippen LogP contribution in [0.25, 0.3) is 21.9 Å². The molecule has 0 bridgehead atoms. The van der Waals surface area contributed by atoms with Crippen LogP contribution in [-0.2, 0) is 10.0 Å². The fourth-order valence-corrected chi connectivity index (χ4v) is 5.99. The number of hydrogen-bond donors (Lipinski definition) is 2. The second-order valence-electron chi connectivity index (χ2n) is 9.32. The first-order valence-electron chi connectivity index (χ1n) is 11.9. The molecule has 0 amide bonds. The summed E-state index contributed by atoms with van der Waals surface area (Å²) in [4.78, 5) is 15.7. The summed E-state index contributed by atoms with van der Waals surface area (Å²) in [7, 11) is -0.513. The van der Waals surface area contributed by atoms with Crippen molar-refractivity contribution in [1.82, 2.24) is 15.1 Å². The van der Waals surface area contributed by atoms with Crippen molar-refractivity contribution in [2.24, 2.45) is 5.14 Å². The van der Waals surface area contributed by atoms with Crippen LogP contribution in [0.1, 0.15) is 34.8 Å². The number of nitrogens with one attached hydrogen (secondary N) is 1. The van der Waals surface area contributed by atoms with Gasteiger partial charge in [-0.1, -0.05) is 42.5 Å². The number of hydrogen-bond acceptors (Lipinski definition) is 6.